The van der Waals surface area contributed by atoms with Gasteiger partial charge in [0.25, 0.3) is 0 Å². The number of fused-ring (bicyclic) bond motifs is 1. The van der Waals surface area contributed by atoms with Crippen LogP contribution in [-0.4, -0.2) is 27.7 Å². The summed E-state index contributed by atoms with van der Waals surface area (Å²) in [6, 6.07) is 0. The van der Waals surface area contributed by atoms with E-state index in [-0.39, 0.29) is 11.8 Å². The quantitative estimate of drug-likeness (QED) is 0.929. The van der Waals surface area contributed by atoms with Crippen LogP contribution in [-0.2, 0) is 18.3 Å². The van der Waals surface area contributed by atoms with Crippen molar-refractivity contribution in [3.8, 4) is 0 Å². The van der Waals surface area contributed by atoms with Crippen LogP contribution in [0.5, 0.6) is 0 Å². The molecule has 0 radical (unpaired) electrons. The van der Waals surface area contributed by atoms with E-state index in [1.807, 2.05) is 11.7 Å². The van der Waals surface area contributed by atoms with E-state index in [1.165, 1.54) is 29.0 Å². The predicted octanol–water partition coefficient (Wildman–Crippen LogP) is 3.09. The molecule has 6 heteroatoms. The molecule has 2 aromatic rings. The topological polar surface area (TPSA) is 59.8 Å². The summed E-state index contributed by atoms with van der Waals surface area (Å²) < 4.78 is 1.89. The highest BCUT2D eigenvalue weighted by Gasteiger charge is 2.30. The summed E-state index contributed by atoms with van der Waals surface area (Å²) in [6.07, 6.45) is 11.8. The smallest absolute Gasteiger partial charge is 0.228 e. The zero-order chi connectivity index (χ0) is 16.7. The van der Waals surface area contributed by atoms with Crippen LogP contribution in [0.2, 0.25) is 0 Å². The highest BCUT2D eigenvalue weighted by molar-refractivity contribution is 7.12. The summed E-state index contributed by atoms with van der Waals surface area (Å²) in [5.74, 6) is 0.630. The summed E-state index contributed by atoms with van der Waals surface area (Å²) in [6.45, 7) is 0. The number of nitrogens with one attached hydrogen (secondary N) is 1. The first-order valence-corrected chi connectivity index (χ1v) is 9.40. The molecule has 1 unspecified atom stereocenters. The molecular formula is C18H22N4OS. The number of rotatable bonds is 4. The van der Waals surface area contributed by atoms with Gasteiger partial charge in [0, 0.05) is 36.7 Å². The fourth-order valence-electron chi connectivity index (χ4n) is 3.43. The minimum atomic E-state index is -0.0856. The molecular weight excluding hydrogens is 320 g/mol. The Bertz CT molecular complexity index is 800. The number of thiazole rings is 1. The number of nitrogens with zero attached hydrogens (tertiary/aromatic N) is 3. The molecule has 1 N–H and O–H groups in total. The zero-order valence-corrected chi connectivity index (χ0v) is 14.9. The molecule has 1 saturated carbocycles. The number of hydrogen-bond donors (Lipinski definition) is 1. The van der Waals surface area contributed by atoms with E-state index in [4.69, 9.17) is 4.98 Å². The molecule has 1 amide bonds. The molecule has 2 aliphatic carbocycles. The molecule has 5 nitrogen and oxygen atoms in total. The van der Waals surface area contributed by atoms with Crippen molar-refractivity contribution in [1.29, 1.82) is 0 Å². The number of aryl methyl sites for hydroxylation is 2. The largest absolute Gasteiger partial charge is 0.359 e. The lowest BCUT2D eigenvalue weighted by atomic mass is 9.90. The van der Waals surface area contributed by atoms with Crippen molar-refractivity contribution in [2.24, 2.45) is 7.05 Å². The summed E-state index contributed by atoms with van der Waals surface area (Å²) >= 11 is 1.72. The molecule has 0 bridgehead atoms. The molecule has 0 aromatic carbocycles. The molecule has 0 spiro atoms. The predicted molar refractivity (Wildman–Crippen MR) is 96.0 cm³/mol. The molecule has 126 valence electrons. The molecule has 0 saturated heterocycles. The fraction of sp³-hybridized carbons (Fsp3) is 0.500. The molecule has 1 fully saturated rings. The zero-order valence-electron chi connectivity index (χ0n) is 14.1. The Hall–Kier alpha value is -1.95. The first-order valence-electron chi connectivity index (χ1n) is 8.58. The van der Waals surface area contributed by atoms with Crippen LogP contribution in [0.25, 0.3) is 12.2 Å². The van der Waals surface area contributed by atoms with E-state index >= 15 is 0 Å². The third-order valence-corrected chi connectivity index (χ3v) is 5.89. The second-order valence-electron chi connectivity index (χ2n) is 6.67. The van der Waals surface area contributed by atoms with Crippen molar-refractivity contribution in [1.82, 2.24) is 20.1 Å². The van der Waals surface area contributed by atoms with Crippen molar-refractivity contribution < 1.29 is 4.79 Å². The second-order valence-corrected chi connectivity index (χ2v) is 7.79. The number of aromatic nitrogens is 3. The molecule has 1 atom stereocenters. The highest BCUT2D eigenvalue weighted by atomic mass is 32.1. The van der Waals surface area contributed by atoms with Gasteiger partial charge in [-0.05, 0) is 44.3 Å². The van der Waals surface area contributed by atoms with E-state index in [0.717, 1.165) is 30.0 Å². The van der Waals surface area contributed by atoms with Crippen LogP contribution >= 0.6 is 11.3 Å². The van der Waals surface area contributed by atoms with Crippen molar-refractivity contribution in [3.05, 3.63) is 33.0 Å². The standard InChI is InChI=1S/C18H22N4OS/c1-19-18(23)13-4-3-5-14-17(13)20-15(24-14)9-8-12-10-22(2)21-16(12)11-6-7-11/h8-11,13H,3-7H2,1-2H3,(H,19,23)/b9-8+. The van der Waals surface area contributed by atoms with E-state index in [1.54, 1.807) is 18.4 Å². The van der Waals surface area contributed by atoms with Gasteiger partial charge in [-0.2, -0.15) is 5.10 Å². The molecule has 2 aliphatic rings. The van der Waals surface area contributed by atoms with Gasteiger partial charge >= 0.3 is 0 Å². The van der Waals surface area contributed by atoms with Gasteiger partial charge in [0.2, 0.25) is 5.91 Å². The first kappa shape index (κ1) is 15.6. The Kier molecular flexibility index (Phi) is 4.00. The summed E-state index contributed by atoms with van der Waals surface area (Å²) in [5.41, 5.74) is 3.38. The monoisotopic (exact) mass is 342 g/mol. The number of likely N-dealkylation sites (N-methyl/N-ethyl adjacent to an activating group) is 1. The van der Waals surface area contributed by atoms with Gasteiger partial charge in [0.05, 0.1) is 17.3 Å². The van der Waals surface area contributed by atoms with Crippen LogP contribution in [0.3, 0.4) is 0 Å². The van der Waals surface area contributed by atoms with Gasteiger partial charge in [-0.3, -0.25) is 9.48 Å². The SMILES string of the molecule is CNC(=O)C1CCCc2sc(/C=C/c3cn(C)nc3C3CC3)nc21. The second kappa shape index (κ2) is 6.16. The average molecular weight is 342 g/mol. The minimum Gasteiger partial charge on any atom is -0.359 e. The van der Waals surface area contributed by atoms with Crippen LogP contribution in [0, 0.1) is 0 Å². The van der Waals surface area contributed by atoms with E-state index in [9.17, 15) is 4.79 Å². The molecule has 24 heavy (non-hydrogen) atoms. The van der Waals surface area contributed by atoms with Crippen molar-refractivity contribution >= 4 is 29.4 Å². The van der Waals surface area contributed by atoms with E-state index in [2.05, 4.69) is 28.8 Å². The summed E-state index contributed by atoms with van der Waals surface area (Å²) in [4.78, 5) is 18.1. The third kappa shape index (κ3) is 2.90. The van der Waals surface area contributed by atoms with Crippen LogP contribution in [0.1, 0.15) is 64.4 Å². The molecule has 0 aliphatic heterocycles. The Labute approximate surface area is 145 Å². The van der Waals surface area contributed by atoms with Crippen molar-refractivity contribution in [3.63, 3.8) is 0 Å². The van der Waals surface area contributed by atoms with Gasteiger partial charge in [-0.1, -0.05) is 0 Å². The lowest BCUT2D eigenvalue weighted by molar-refractivity contribution is -0.122. The Morgan fingerprint density at radius 3 is 2.92 bits per heavy atom. The first-order chi connectivity index (χ1) is 11.7. The normalized spacial score (nSPS) is 20.3. The fourth-order valence-corrected chi connectivity index (χ4v) is 4.50. The van der Waals surface area contributed by atoms with Gasteiger partial charge in [-0.25, -0.2) is 4.98 Å². The summed E-state index contributed by atoms with van der Waals surface area (Å²) in [7, 11) is 3.67. The maximum Gasteiger partial charge on any atom is 0.228 e. The summed E-state index contributed by atoms with van der Waals surface area (Å²) in [5, 5.41) is 8.35. The van der Waals surface area contributed by atoms with Gasteiger partial charge in [0.1, 0.15) is 5.01 Å². The molecule has 4 rings (SSSR count). The Morgan fingerprint density at radius 1 is 1.33 bits per heavy atom. The maximum absolute atomic E-state index is 12.1. The van der Waals surface area contributed by atoms with E-state index < -0.39 is 0 Å². The maximum atomic E-state index is 12.1. The molecule has 2 aromatic heterocycles. The van der Waals surface area contributed by atoms with E-state index in [0.29, 0.717) is 5.92 Å². The number of carbonyl (C=O) groups is 1. The highest BCUT2D eigenvalue weighted by Crippen LogP contribution is 2.41. The lowest BCUT2D eigenvalue weighted by Gasteiger charge is -2.19. The van der Waals surface area contributed by atoms with Crippen LogP contribution < -0.4 is 5.32 Å². The Balaban J connectivity index is 1.60. The number of hydrogen-bond acceptors (Lipinski definition) is 4. The average Bonchev–Trinajstić information content (AvgIpc) is 3.23. The van der Waals surface area contributed by atoms with Gasteiger partial charge in [0.15, 0.2) is 0 Å². The van der Waals surface area contributed by atoms with Crippen molar-refractivity contribution in [2.45, 2.75) is 43.9 Å². The molecule has 2 heterocycles. The number of carbonyl (C=O) groups excluding carboxylic acids is 1. The number of amides is 1. The van der Waals surface area contributed by atoms with Crippen LogP contribution in [0.4, 0.5) is 0 Å². The Morgan fingerprint density at radius 2 is 2.17 bits per heavy atom. The van der Waals surface area contributed by atoms with Gasteiger partial charge in [-0.15, -0.1) is 11.3 Å². The van der Waals surface area contributed by atoms with Crippen molar-refractivity contribution in [2.75, 3.05) is 7.05 Å². The van der Waals surface area contributed by atoms with Gasteiger partial charge < -0.3 is 5.32 Å². The minimum absolute atomic E-state index is 0.0834. The third-order valence-electron chi connectivity index (χ3n) is 4.79. The van der Waals surface area contributed by atoms with Crippen LogP contribution in [0.15, 0.2) is 6.20 Å². The lowest BCUT2D eigenvalue weighted by Crippen LogP contribution is -2.28.